The van der Waals surface area contributed by atoms with Gasteiger partial charge in [-0.3, -0.25) is 4.79 Å². The molecule has 0 atom stereocenters. The number of furan rings is 1. The van der Waals surface area contributed by atoms with Gasteiger partial charge in [-0.15, -0.1) is 0 Å². The second-order valence-electron chi connectivity index (χ2n) is 5.06. The van der Waals surface area contributed by atoms with Crippen LogP contribution >= 0.6 is 0 Å². The zero-order valence-corrected chi connectivity index (χ0v) is 11.3. The van der Waals surface area contributed by atoms with E-state index in [0.717, 1.165) is 12.8 Å². The smallest absolute Gasteiger partial charge is 0.254 e. The van der Waals surface area contributed by atoms with Crippen LogP contribution in [0.25, 0.3) is 0 Å². The third-order valence-electron chi connectivity index (χ3n) is 3.82. The van der Waals surface area contributed by atoms with Crippen LogP contribution in [-0.2, 0) is 11.2 Å². The van der Waals surface area contributed by atoms with Gasteiger partial charge in [-0.2, -0.15) is 0 Å². The number of aliphatic hydroxyl groups is 1. The Morgan fingerprint density at radius 1 is 1.47 bits per heavy atom. The molecule has 1 aromatic heterocycles. The van der Waals surface area contributed by atoms with Gasteiger partial charge in [-0.1, -0.05) is 6.92 Å². The van der Waals surface area contributed by atoms with Gasteiger partial charge in [0.25, 0.3) is 5.91 Å². The highest BCUT2D eigenvalue weighted by atomic mass is 16.5. The van der Waals surface area contributed by atoms with Crippen molar-refractivity contribution in [3.05, 3.63) is 23.7 Å². The van der Waals surface area contributed by atoms with Crippen molar-refractivity contribution in [2.45, 2.75) is 26.2 Å². The van der Waals surface area contributed by atoms with Crippen LogP contribution in [0.1, 0.15) is 35.9 Å². The molecular weight excluding hydrogens is 246 g/mol. The minimum atomic E-state index is -0.246. The second-order valence-corrected chi connectivity index (χ2v) is 5.06. The number of hydrogen-bond donors (Lipinski definition) is 2. The summed E-state index contributed by atoms with van der Waals surface area (Å²) in [6.07, 6.45) is 3.77. The van der Waals surface area contributed by atoms with E-state index in [-0.39, 0.29) is 17.9 Å². The highest BCUT2D eigenvalue weighted by Crippen LogP contribution is 2.29. The minimum Gasteiger partial charge on any atom is -0.469 e. The van der Waals surface area contributed by atoms with Crippen LogP contribution in [0, 0.1) is 5.41 Å². The molecule has 1 aromatic rings. The lowest BCUT2D eigenvalue weighted by atomic mass is 9.81. The maximum Gasteiger partial charge on any atom is 0.254 e. The van der Waals surface area contributed by atoms with E-state index >= 15 is 0 Å². The number of aliphatic hydroxyl groups excluding tert-OH is 1. The van der Waals surface area contributed by atoms with Crippen LogP contribution < -0.4 is 5.32 Å². The largest absolute Gasteiger partial charge is 0.469 e. The zero-order chi connectivity index (χ0) is 13.7. The van der Waals surface area contributed by atoms with Crippen LogP contribution in [-0.4, -0.2) is 37.4 Å². The summed E-state index contributed by atoms with van der Waals surface area (Å²) in [5.41, 5.74) is 0.340. The van der Waals surface area contributed by atoms with Gasteiger partial charge in [0.2, 0.25) is 0 Å². The number of carbonyl (C=O) groups is 1. The molecule has 1 saturated heterocycles. The van der Waals surface area contributed by atoms with Crippen molar-refractivity contribution in [2.24, 2.45) is 5.41 Å². The first-order valence-corrected chi connectivity index (χ1v) is 6.74. The summed E-state index contributed by atoms with van der Waals surface area (Å²) >= 11 is 0. The Kier molecular flexibility index (Phi) is 4.61. The van der Waals surface area contributed by atoms with E-state index in [2.05, 4.69) is 5.32 Å². The van der Waals surface area contributed by atoms with Gasteiger partial charge < -0.3 is 19.6 Å². The van der Waals surface area contributed by atoms with Gasteiger partial charge in [-0.05, 0) is 18.9 Å². The molecule has 106 valence electrons. The van der Waals surface area contributed by atoms with E-state index in [4.69, 9.17) is 9.15 Å². The van der Waals surface area contributed by atoms with Crippen LogP contribution in [0.2, 0.25) is 0 Å². The number of hydrogen-bond acceptors (Lipinski definition) is 4. The Balaban J connectivity index is 1.95. The molecule has 0 aliphatic carbocycles. The first kappa shape index (κ1) is 14.1. The average Bonchev–Trinajstić information content (AvgIpc) is 2.94. The molecule has 0 unspecified atom stereocenters. The molecule has 1 amide bonds. The lowest BCUT2D eigenvalue weighted by Crippen LogP contribution is -2.43. The van der Waals surface area contributed by atoms with E-state index in [0.29, 0.717) is 37.5 Å². The molecule has 0 radical (unpaired) electrons. The highest BCUT2D eigenvalue weighted by molar-refractivity contribution is 5.95. The molecular formula is C14H21NO4. The van der Waals surface area contributed by atoms with Crippen molar-refractivity contribution in [1.29, 1.82) is 0 Å². The molecule has 0 spiro atoms. The number of carbonyl (C=O) groups excluding carboxylic acids is 1. The zero-order valence-electron chi connectivity index (χ0n) is 11.3. The predicted molar refractivity (Wildman–Crippen MR) is 70.0 cm³/mol. The van der Waals surface area contributed by atoms with E-state index in [1.807, 2.05) is 6.92 Å². The number of aryl methyl sites for hydroxylation is 1. The summed E-state index contributed by atoms with van der Waals surface area (Å²) in [4.78, 5) is 12.1. The van der Waals surface area contributed by atoms with E-state index in [1.54, 1.807) is 6.07 Å². The third-order valence-corrected chi connectivity index (χ3v) is 3.82. The van der Waals surface area contributed by atoms with Gasteiger partial charge >= 0.3 is 0 Å². The molecule has 2 heterocycles. The summed E-state index contributed by atoms with van der Waals surface area (Å²) in [7, 11) is 0. The molecule has 1 fully saturated rings. The monoisotopic (exact) mass is 267 g/mol. The standard InChI is InChI=1S/C14H21NO4/c1-2-12-11(3-6-19-12)13(17)15-9-14(10-16)4-7-18-8-5-14/h3,6,16H,2,4-5,7-10H2,1H3,(H,15,17). The SMILES string of the molecule is CCc1occc1C(=O)NCC1(CO)CCOCC1. The van der Waals surface area contributed by atoms with Crippen LogP contribution in [0.15, 0.2) is 16.7 Å². The van der Waals surface area contributed by atoms with Gasteiger partial charge in [0.05, 0.1) is 18.4 Å². The fourth-order valence-corrected chi connectivity index (χ4v) is 2.37. The molecule has 5 nitrogen and oxygen atoms in total. The summed E-state index contributed by atoms with van der Waals surface area (Å²) < 4.78 is 10.6. The van der Waals surface area contributed by atoms with Crippen LogP contribution in [0.5, 0.6) is 0 Å². The fraction of sp³-hybridized carbons (Fsp3) is 0.643. The lowest BCUT2D eigenvalue weighted by molar-refractivity contribution is -0.0146. The van der Waals surface area contributed by atoms with Crippen LogP contribution in [0.3, 0.4) is 0 Å². The molecule has 2 rings (SSSR count). The molecule has 1 aliphatic heterocycles. The summed E-state index contributed by atoms with van der Waals surface area (Å²) in [5, 5.41) is 12.5. The van der Waals surface area contributed by atoms with E-state index < -0.39 is 0 Å². The molecule has 0 aromatic carbocycles. The molecule has 5 heteroatoms. The van der Waals surface area contributed by atoms with Crippen molar-refractivity contribution in [3.8, 4) is 0 Å². The number of nitrogens with one attached hydrogen (secondary N) is 1. The van der Waals surface area contributed by atoms with Crippen molar-refractivity contribution < 1.29 is 19.1 Å². The van der Waals surface area contributed by atoms with Crippen molar-refractivity contribution >= 4 is 5.91 Å². The average molecular weight is 267 g/mol. The van der Waals surface area contributed by atoms with Crippen LogP contribution in [0.4, 0.5) is 0 Å². The molecule has 2 N–H and O–H groups in total. The van der Waals surface area contributed by atoms with Gasteiger partial charge in [0.1, 0.15) is 5.76 Å². The summed E-state index contributed by atoms with van der Waals surface area (Å²) in [6.45, 7) is 3.77. The maximum absolute atomic E-state index is 12.1. The number of amides is 1. The Bertz CT molecular complexity index is 421. The van der Waals surface area contributed by atoms with Gasteiger partial charge in [0, 0.05) is 31.6 Å². The topological polar surface area (TPSA) is 71.7 Å². The van der Waals surface area contributed by atoms with E-state index in [9.17, 15) is 9.90 Å². The molecule has 0 bridgehead atoms. The quantitative estimate of drug-likeness (QED) is 0.845. The van der Waals surface area contributed by atoms with Gasteiger partial charge in [0.15, 0.2) is 0 Å². The Morgan fingerprint density at radius 3 is 2.84 bits per heavy atom. The lowest BCUT2D eigenvalue weighted by Gasteiger charge is -2.35. The first-order chi connectivity index (χ1) is 9.21. The Morgan fingerprint density at radius 2 is 2.21 bits per heavy atom. The molecule has 19 heavy (non-hydrogen) atoms. The van der Waals surface area contributed by atoms with E-state index in [1.165, 1.54) is 6.26 Å². The van der Waals surface area contributed by atoms with Crippen molar-refractivity contribution in [3.63, 3.8) is 0 Å². The number of rotatable bonds is 5. The second kappa shape index (κ2) is 6.21. The predicted octanol–water partition coefficient (Wildman–Crippen LogP) is 1.36. The van der Waals surface area contributed by atoms with Crippen molar-refractivity contribution in [1.82, 2.24) is 5.32 Å². The first-order valence-electron chi connectivity index (χ1n) is 6.74. The fourth-order valence-electron chi connectivity index (χ4n) is 2.37. The molecule has 0 saturated carbocycles. The Labute approximate surface area is 112 Å². The normalized spacial score (nSPS) is 18.2. The molecule has 1 aliphatic rings. The number of ether oxygens (including phenoxy) is 1. The Hall–Kier alpha value is -1.33. The van der Waals surface area contributed by atoms with Gasteiger partial charge in [-0.25, -0.2) is 0 Å². The summed E-state index contributed by atoms with van der Waals surface area (Å²) in [6, 6.07) is 1.68. The third kappa shape index (κ3) is 3.16. The maximum atomic E-state index is 12.1. The highest BCUT2D eigenvalue weighted by Gasteiger charge is 2.32. The minimum absolute atomic E-state index is 0.0721. The summed E-state index contributed by atoms with van der Waals surface area (Å²) in [5.74, 6) is 0.562. The van der Waals surface area contributed by atoms with Crippen molar-refractivity contribution in [2.75, 3.05) is 26.4 Å².